The second-order valence-electron chi connectivity index (χ2n) is 3.19. The van der Waals surface area contributed by atoms with Crippen LogP contribution in [0.15, 0.2) is 24.3 Å². The molecule has 0 fully saturated rings. The Labute approximate surface area is 88.5 Å². The number of amides is 1. The van der Waals surface area contributed by atoms with E-state index in [4.69, 9.17) is 0 Å². The van der Waals surface area contributed by atoms with Crippen LogP contribution in [0.3, 0.4) is 0 Å². The molecule has 0 spiro atoms. The highest BCUT2D eigenvalue weighted by Crippen LogP contribution is 2.13. The number of carbonyl (C=O) groups is 2. The lowest BCUT2D eigenvalue weighted by Gasteiger charge is -2.15. The van der Waals surface area contributed by atoms with Crippen molar-refractivity contribution in [3.8, 4) is 0 Å². The van der Waals surface area contributed by atoms with E-state index in [1.54, 1.807) is 12.1 Å². The van der Waals surface area contributed by atoms with Crippen molar-refractivity contribution in [2.24, 2.45) is 0 Å². The zero-order valence-corrected chi connectivity index (χ0v) is 8.98. The minimum Gasteiger partial charge on any atom is -0.462 e. The molecule has 4 nitrogen and oxygen atoms in total. The largest absolute Gasteiger partial charge is 0.462 e. The Morgan fingerprint density at radius 2 is 1.73 bits per heavy atom. The predicted octanol–water partition coefficient (Wildman–Crippen LogP) is 1.13. The zero-order valence-electron chi connectivity index (χ0n) is 8.98. The SMILES string of the molecule is COC(=O)C(=O)N(C)c1ccc(C)cc1. The summed E-state index contributed by atoms with van der Waals surface area (Å²) in [7, 11) is 2.72. The van der Waals surface area contributed by atoms with Gasteiger partial charge in [0.15, 0.2) is 0 Å². The molecule has 0 aliphatic carbocycles. The highest BCUT2D eigenvalue weighted by molar-refractivity contribution is 6.37. The molecule has 0 radical (unpaired) electrons. The van der Waals surface area contributed by atoms with E-state index in [1.807, 2.05) is 19.1 Å². The lowest BCUT2D eigenvalue weighted by atomic mass is 10.2. The van der Waals surface area contributed by atoms with Crippen LogP contribution < -0.4 is 4.90 Å². The van der Waals surface area contributed by atoms with Gasteiger partial charge in [0.05, 0.1) is 7.11 Å². The van der Waals surface area contributed by atoms with Gasteiger partial charge in [0.25, 0.3) is 0 Å². The summed E-state index contributed by atoms with van der Waals surface area (Å²) in [5.41, 5.74) is 1.76. The second kappa shape index (κ2) is 4.59. The number of aryl methyl sites for hydroxylation is 1. The smallest absolute Gasteiger partial charge is 0.397 e. The van der Waals surface area contributed by atoms with Crippen molar-refractivity contribution in [2.75, 3.05) is 19.1 Å². The number of hydrogen-bond donors (Lipinski definition) is 0. The van der Waals surface area contributed by atoms with Crippen LogP contribution in [0.5, 0.6) is 0 Å². The van der Waals surface area contributed by atoms with E-state index in [-0.39, 0.29) is 0 Å². The molecule has 1 aromatic rings. The highest BCUT2D eigenvalue weighted by Gasteiger charge is 2.19. The maximum atomic E-state index is 11.4. The predicted molar refractivity (Wildman–Crippen MR) is 56.6 cm³/mol. The summed E-state index contributed by atoms with van der Waals surface area (Å²) in [6.45, 7) is 1.95. The number of methoxy groups -OCH3 is 1. The van der Waals surface area contributed by atoms with Gasteiger partial charge in [-0.2, -0.15) is 0 Å². The molecule has 1 aromatic carbocycles. The molecule has 1 amide bonds. The van der Waals surface area contributed by atoms with Crippen LogP contribution in [-0.4, -0.2) is 26.0 Å². The van der Waals surface area contributed by atoms with Crippen LogP contribution in [0.2, 0.25) is 0 Å². The molecule has 0 unspecified atom stereocenters. The zero-order chi connectivity index (χ0) is 11.4. The Balaban J connectivity index is 2.85. The molecule has 0 bridgehead atoms. The quantitative estimate of drug-likeness (QED) is 0.512. The van der Waals surface area contributed by atoms with Gasteiger partial charge in [0, 0.05) is 12.7 Å². The number of nitrogens with zero attached hydrogens (tertiary/aromatic N) is 1. The summed E-state index contributed by atoms with van der Waals surface area (Å²) < 4.78 is 4.35. The van der Waals surface area contributed by atoms with Crippen molar-refractivity contribution in [1.29, 1.82) is 0 Å². The molecular formula is C11H13NO3. The number of carbonyl (C=O) groups excluding carboxylic acids is 2. The second-order valence-corrected chi connectivity index (χ2v) is 3.19. The number of hydrogen-bond acceptors (Lipinski definition) is 3. The summed E-state index contributed by atoms with van der Waals surface area (Å²) in [6.07, 6.45) is 0. The van der Waals surface area contributed by atoms with Crippen LogP contribution in [-0.2, 0) is 14.3 Å². The Morgan fingerprint density at radius 1 is 1.20 bits per heavy atom. The summed E-state index contributed by atoms with van der Waals surface area (Å²) >= 11 is 0. The third-order valence-electron chi connectivity index (χ3n) is 2.09. The topological polar surface area (TPSA) is 46.6 Å². The van der Waals surface area contributed by atoms with Crippen LogP contribution in [0, 0.1) is 6.92 Å². The van der Waals surface area contributed by atoms with Crippen molar-refractivity contribution >= 4 is 17.6 Å². The third kappa shape index (κ3) is 2.56. The number of esters is 1. The number of benzene rings is 1. The maximum absolute atomic E-state index is 11.4. The van der Waals surface area contributed by atoms with E-state index in [2.05, 4.69) is 4.74 Å². The Morgan fingerprint density at radius 3 is 2.20 bits per heavy atom. The van der Waals surface area contributed by atoms with Gasteiger partial charge in [0.1, 0.15) is 0 Å². The van der Waals surface area contributed by atoms with Gasteiger partial charge in [0.2, 0.25) is 0 Å². The molecule has 0 atom stereocenters. The first-order chi connectivity index (χ1) is 7.06. The van der Waals surface area contributed by atoms with E-state index in [9.17, 15) is 9.59 Å². The monoisotopic (exact) mass is 207 g/mol. The molecule has 0 N–H and O–H groups in total. The molecule has 1 rings (SSSR count). The van der Waals surface area contributed by atoms with E-state index in [0.29, 0.717) is 5.69 Å². The van der Waals surface area contributed by atoms with Gasteiger partial charge in [-0.3, -0.25) is 4.79 Å². The molecule has 80 valence electrons. The maximum Gasteiger partial charge on any atom is 0.397 e. The normalized spacial score (nSPS) is 9.53. The standard InChI is InChI=1S/C11H13NO3/c1-8-4-6-9(7-5-8)12(2)10(13)11(14)15-3/h4-7H,1-3H3. The van der Waals surface area contributed by atoms with E-state index < -0.39 is 11.9 Å². The minimum absolute atomic E-state index is 0.663. The van der Waals surface area contributed by atoms with E-state index in [0.717, 1.165) is 5.56 Å². The molecule has 15 heavy (non-hydrogen) atoms. The molecule has 0 heterocycles. The summed E-state index contributed by atoms with van der Waals surface area (Å²) in [4.78, 5) is 23.6. The Hall–Kier alpha value is -1.84. The van der Waals surface area contributed by atoms with Gasteiger partial charge < -0.3 is 9.64 Å². The summed E-state index contributed by atoms with van der Waals surface area (Å²) in [6, 6.07) is 7.29. The molecule has 4 heteroatoms. The Kier molecular flexibility index (Phi) is 3.44. The lowest BCUT2D eigenvalue weighted by Crippen LogP contribution is -2.33. The first-order valence-electron chi connectivity index (χ1n) is 4.49. The fraction of sp³-hybridized carbons (Fsp3) is 0.273. The fourth-order valence-corrected chi connectivity index (χ4v) is 1.11. The number of likely N-dealkylation sites (N-methyl/N-ethyl adjacent to an activating group) is 1. The van der Waals surface area contributed by atoms with Crippen molar-refractivity contribution < 1.29 is 14.3 Å². The number of ether oxygens (including phenoxy) is 1. The van der Waals surface area contributed by atoms with E-state index in [1.165, 1.54) is 19.1 Å². The van der Waals surface area contributed by atoms with Crippen LogP contribution in [0.25, 0.3) is 0 Å². The van der Waals surface area contributed by atoms with Crippen molar-refractivity contribution in [1.82, 2.24) is 0 Å². The molecule has 0 aromatic heterocycles. The van der Waals surface area contributed by atoms with Gasteiger partial charge in [-0.05, 0) is 19.1 Å². The first kappa shape index (κ1) is 11.2. The van der Waals surface area contributed by atoms with Crippen molar-refractivity contribution in [2.45, 2.75) is 6.92 Å². The molecular weight excluding hydrogens is 194 g/mol. The summed E-state index contributed by atoms with van der Waals surface area (Å²) in [5, 5.41) is 0. The molecule has 0 saturated heterocycles. The molecule has 0 aliphatic rings. The lowest BCUT2D eigenvalue weighted by molar-refractivity contribution is -0.151. The minimum atomic E-state index is -0.863. The average molecular weight is 207 g/mol. The molecule has 0 saturated carbocycles. The average Bonchev–Trinajstić information content (AvgIpc) is 2.27. The highest BCUT2D eigenvalue weighted by atomic mass is 16.5. The van der Waals surface area contributed by atoms with Gasteiger partial charge in [-0.25, -0.2) is 4.79 Å². The van der Waals surface area contributed by atoms with Gasteiger partial charge in [-0.15, -0.1) is 0 Å². The van der Waals surface area contributed by atoms with E-state index >= 15 is 0 Å². The van der Waals surface area contributed by atoms with Crippen LogP contribution in [0.4, 0.5) is 5.69 Å². The van der Waals surface area contributed by atoms with Crippen molar-refractivity contribution in [3.63, 3.8) is 0 Å². The van der Waals surface area contributed by atoms with Crippen molar-refractivity contribution in [3.05, 3.63) is 29.8 Å². The first-order valence-corrected chi connectivity index (χ1v) is 4.49. The summed E-state index contributed by atoms with van der Waals surface area (Å²) in [5.74, 6) is -1.54. The number of anilines is 1. The number of rotatable bonds is 1. The van der Waals surface area contributed by atoms with Crippen LogP contribution in [0.1, 0.15) is 5.56 Å². The van der Waals surface area contributed by atoms with Gasteiger partial charge >= 0.3 is 11.9 Å². The van der Waals surface area contributed by atoms with Crippen LogP contribution >= 0.6 is 0 Å². The third-order valence-corrected chi connectivity index (χ3v) is 2.09. The Bertz CT molecular complexity index is 370. The fourth-order valence-electron chi connectivity index (χ4n) is 1.11. The van der Waals surface area contributed by atoms with Gasteiger partial charge in [-0.1, -0.05) is 17.7 Å². The molecule has 0 aliphatic heterocycles.